The summed E-state index contributed by atoms with van der Waals surface area (Å²) in [5.41, 5.74) is 1.60. The van der Waals surface area contributed by atoms with Gasteiger partial charge in [0.15, 0.2) is 0 Å². The molecule has 5 nitrogen and oxygen atoms in total. The average Bonchev–Trinajstić information content (AvgIpc) is 2.26. The van der Waals surface area contributed by atoms with Gasteiger partial charge in [0.05, 0.1) is 17.5 Å². The van der Waals surface area contributed by atoms with Crippen LogP contribution in [0.2, 0.25) is 0 Å². The van der Waals surface area contributed by atoms with Crippen LogP contribution in [-0.4, -0.2) is 27.6 Å². The van der Waals surface area contributed by atoms with E-state index in [9.17, 15) is 13.2 Å². The molecule has 17 heavy (non-hydrogen) atoms. The van der Waals surface area contributed by atoms with E-state index in [2.05, 4.69) is 10.0 Å². The maximum Gasteiger partial charge on any atom is 0.253 e. The Balaban J connectivity index is 3.24. The van der Waals surface area contributed by atoms with Crippen LogP contribution in [0, 0.1) is 0 Å². The summed E-state index contributed by atoms with van der Waals surface area (Å²) in [6.45, 7) is 1.96. The largest absolute Gasteiger partial charge is 0.355 e. The molecule has 1 aromatic rings. The maximum atomic E-state index is 11.6. The molecule has 0 radical (unpaired) electrons. The second-order valence-corrected chi connectivity index (χ2v) is 5.44. The van der Waals surface area contributed by atoms with Gasteiger partial charge in [0.1, 0.15) is 0 Å². The van der Waals surface area contributed by atoms with Gasteiger partial charge in [0, 0.05) is 7.05 Å². The quantitative estimate of drug-likeness (QED) is 0.843. The van der Waals surface area contributed by atoms with Crippen LogP contribution in [0.1, 0.15) is 22.8 Å². The Morgan fingerprint density at radius 3 is 2.47 bits per heavy atom. The molecule has 0 saturated carbocycles. The summed E-state index contributed by atoms with van der Waals surface area (Å²) in [7, 11) is -1.89. The first kappa shape index (κ1) is 13.5. The number of hydrogen-bond donors (Lipinski definition) is 2. The number of aryl methyl sites for hydroxylation is 1. The number of rotatable bonds is 4. The van der Waals surface area contributed by atoms with Gasteiger partial charge >= 0.3 is 0 Å². The molecule has 94 valence electrons. The Bertz CT molecular complexity index is 524. The number of hydrogen-bond acceptors (Lipinski definition) is 3. The number of sulfonamides is 1. The molecule has 0 fully saturated rings. The molecule has 0 aliphatic carbocycles. The van der Waals surface area contributed by atoms with E-state index in [1.165, 1.54) is 7.05 Å². The van der Waals surface area contributed by atoms with Crippen molar-refractivity contribution >= 4 is 21.6 Å². The fourth-order valence-corrected chi connectivity index (χ4v) is 2.00. The van der Waals surface area contributed by atoms with Gasteiger partial charge in [-0.2, -0.15) is 0 Å². The predicted octanol–water partition coefficient (Wildman–Crippen LogP) is 0.980. The fraction of sp³-hybridized carbons (Fsp3) is 0.364. The Morgan fingerprint density at radius 1 is 1.35 bits per heavy atom. The fourth-order valence-electron chi connectivity index (χ4n) is 1.42. The average molecular weight is 256 g/mol. The van der Waals surface area contributed by atoms with E-state index in [1.54, 1.807) is 18.2 Å². The summed E-state index contributed by atoms with van der Waals surface area (Å²) in [5, 5.41) is 2.48. The van der Waals surface area contributed by atoms with E-state index in [-0.39, 0.29) is 5.91 Å². The molecule has 0 spiro atoms. The molecular formula is C11H16N2O3S. The van der Waals surface area contributed by atoms with Gasteiger partial charge in [0.2, 0.25) is 10.0 Å². The second-order valence-electron chi connectivity index (χ2n) is 3.69. The summed E-state index contributed by atoms with van der Waals surface area (Å²) in [5.74, 6) is -0.313. The van der Waals surface area contributed by atoms with Gasteiger partial charge in [-0.1, -0.05) is 13.0 Å². The number of nitrogens with one attached hydrogen (secondary N) is 2. The SMILES string of the molecule is CCc1ccc(NS(C)(=O)=O)c(C(=O)NC)c1. The predicted molar refractivity (Wildman–Crippen MR) is 67.7 cm³/mol. The van der Waals surface area contributed by atoms with E-state index >= 15 is 0 Å². The molecule has 0 aliphatic rings. The summed E-state index contributed by atoms with van der Waals surface area (Å²) >= 11 is 0. The van der Waals surface area contributed by atoms with Gasteiger partial charge < -0.3 is 5.32 Å². The monoisotopic (exact) mass is 256 g/mol. The second kappa shape index (κ2) is 5.18. The third kappa shape index (κ3) is 3.74. The van der Waals surface area contributed by atoms with Crippen molar-refractivity contribution in [3.05, 3.63) is 29.3 Å². The van der Waals surface area contributed by atoms with E-state index in [4.69, 9.17) is 0 Å². The zero-order valence-electron chi connectivity index (χ0n) is 10.1. The molecule has 0 aromatic heterocycles. The van der Waals surface area contributed by atoms with Crippen LogP contribution in [0.3, 0.4) is 0 Å². The number of benzene rings is 1. The molecule has 0 aliphatic heterocycles. The van der Waals surface area contributed by atoms with Crippen LogP contribution in [0.25, 0.3) is 0 Å². The highest BCUT2D eigenvalue weighted by molar-refractivity contribution is 7.92. The zero-order valence-corrected chi connectivity index (χ0v) is 10.9. The third-order valence-electron chi connectivity index (χ3n) is 2.26. The molecular weight excluding hydrogens is 240 g/mol. The van der Waals surface area contributed by atoms with Gasteiger partial charge in [0.25, 0.3) is 5.91 Å². The van der Waals surface area contributed by atoms with E-state index in [1.807, 2.05) is 6.92 Å². The number of carbonyl (C=O) groups is 1. The molecule has 1 rings (SSSR count). The summed E-state index contributed by atoms with van der Waals surface area (Å²) in [6.07, 6.45) is 1.83. The zero-order chi connectivity index (χ0) is 13.1. The van der Waals surface area contributed by atoms with Crippen LogP contribution >= 0.6 is 0 Å². The van der Waals surface area contributed by atoms with E-state index in [0.717, 1.165) is 18.2 Å². The molecule has 1 amide bonds. The minimum Gasteiger partial charge on any atom is -0.355 e. The first-order valence-corrected chi connectivity index (χ1v) is 7.09. The van der Waals surface area contributed by atoms with Crippen LogP contribution in [0.15, 0.2) is 18.2 Å². The van der Waals surface area contributed by atoms with Gasteiger partial charge in [-0.05, 0) is 24.1 Å². The molecule has 0 bridgehead atoms. The standard InChI is InChI=1S/C11H16N2O3S/c1-4-8-5-6-10(13-17(3,15)16)9(7-8)11(14)12-2/h5-7,13H,4H2,1-3H3,(H,12,14). The summed E-state index contributed by atoms with van der Waals surface area (Å²) < 4.78 is 24.7. The lowest BCUT2D eigenvalue weighted by molar-refractivity contribution is 0.0964. The highest BCUT2D eigenvalue weighted by atomic mass is 32.2. The smallest absolute Gasteiger partial charge is 0.253 e. The lowest BCUT2D eigenvalue weighted by Gasteiger charge is -2.11. The molecule has 0 atom stereocenters. The lowest BCUT2D eigenvalue weighted by atomic mass is 10.1. The van der Waals surface area contributed by atoms with Crippen molar-refractivity contribution in [1.29, 1.82) is 0 Å². The van der Waals surface area contributed by atoms with Crippen molar-refractivity contribution in [2.24, 2.45) is 0 Å². The van der Waals surface area contributed by atoms with Crippen molar-refractivity contribution in [2.75, 3.05) is 18.0 Å². The minimum atomic E-state index is -3.39. The Morgan fingerprint density at radius 2 is 2.00 bits per heavy atom. The number of carbonyl (C=O) groups excluding carboxylic acids is 1. The maximum absolute atomic E-state index is 11.6. The van der Waals surface area contributed by atoms with Crippen molar-refractivity contribution in [3.8, 4) is 0 Å². The number of anilines is 1. The van der Waals surface area contributed by atoms with Crippen LogP contribution < -0.4 is 10.0 Å². The Kier molecular flexibility index (Phi) is 4.11. The van der Waals surface area contributed by atoms with Gasteiger partial charge in [-0.15, -0.1) is 0 Å². The van der Waals surface area contributed by atoms with E-state index < -0.39 is 10.0 Å². The van der Waals surface area contributed by atoms with Crippen molar-refractivity contribution in [1.82, 2.24) is 5.32 Å². The van der Waals surface area contributed by atoms with Crippen LogP contribution in [-0.2, 0) is 16.4 Å². The summed E-state index contributed by atoms with van der Waals surface area (Å²) in [6, 6.07) is 5.08. The first-order chi connectivity index (χ1) is 7.87. The molecule has 0 heterocycles. The Hall–Kier alpha value is -1.56. The van der Waals surface area contributed by atoms with E-state index in [0.29, 0.717) is 11.3 Å². The van der Waals surface area contributed by atoms with Crippen molar-refractivity contribution in [2.45, 2.75) is 13.3 Å². The highest BCUT2D eigenvalue weighted by Gasteiger charge is 2.13. The molecule has 0 saturated heterocycles. The molecule has 6 heteroatoms. The highest BCUT2D eigenvalue weighted by Crippen LogP contribution is 2.19. The molecule has 0 unspecified atom stereocenters. The normalized spacial score (nSPS) is 11.0. The topological polar surface area (TPSA) is 75.3 Å². The van der Waals surface area contributed by atoms with Crippen LogP contribution in [0.5, 0.6) is 0 Å². The van der Waals surface area contributed by atoms with Crippen molar-refractivity contribution in [3.63, 3.8) is 0 Å². The Labute approximate surface area is 101 Å². The van der Waals surface area contributed by atoms with Crippen molar-refractivity contribution < 1.29 is 13.2 Å². The van der Waals surface area contributed by atoms with Gasteiger partial charge in [-0.3, -0.25) is 9.52 Å². The minimum absolute atomic E-state index is 0.295. The number of amides is 1. The first-order valence-electron chi connectivity index (χ1n) is 5.20. The molecule has 1 aromatic carbocycles. The molecule has 2 N–H and O–H groups in total. The third-order valence-corrected chi connectivity index (χ3v) is 2.85. The van der Waals surface area contributed by atoms with Gasteiger partial charge in [-0.25, -0.2) is 8.42 Å². The van der Waals surface area contributed by atoms with Crippen LogP contribution in [0.4, 0.5) is 5.69 Å². The summed E-state index contributed by atoms with van der Waals surface area (Å²) in [4.78, 5) is 11.6. The lowest BCUT2D eigenvalue weighted by Crippen LogP contribution is -2.21.